The number of allylic oxidation sites excluding steroid dienone is 18. The van der Waals surface area contributed by atoms with Crippen molar-refractivity contribution in [1.82, 2.24) is 0 Å². The summed E-state index contributed by atoms with van der Waals surface area (Å²) in [6.07, 6.45) is 55.7. The van der Waals surface area contributed by atoms with Crippen LogP contribution in [0.3, 0.4) is 0 Å². The van der Waals surface area contributed by atoms with Crippen LogP contribution < -0.4 is 0 Å². The highest BCUT2D eigenvalue weighted by Crippen LogP contribution is 2.06. The Labute approximate surface area is 288 Å². The van der Waals surface area contributed by atoms with Crippen molar-refractivity contribution >= 4 is 11.9 Å². The molecule has 0 aliphatic rings. The number of hydrogen-bond acceptors (Lipinski definition) is 4. The second-order valence-electron chi connectivity index (χ2n) is 11.6. The van der Waals surface area contributed by atoms with Crippen LogP contribution >= 0.6 is 0 Å². The molecule has 4 nitrogen and oxygen atoms in total. The molecule has 0 aromatic rings. The minimum absolute atomic E-state index is 0.102. The standard InChI is InChI=1S/C43H66O4/c1-4-6-8-10-12-14-16-18-20-21-22-23-25-27-29-31-33-35-37-39-43(45)47-41(3)40-46-42(44)38-36-34-32-30-28-26-24-19-17-15-13-11-9-7-5-2/h6,8,12-15,18-20,22-24,27-30,33,35,41H,4-5,7,9-11,16-17,21,25-26,31-32,34,36-40H2,1-3H3/t41-/m0/s1. The molecule has 262 valence electrons. The van der Waals surface area contributed by atoms with Crippen molar-refractivity contribution in [3.63, 3.8) is 0 Å². The Morgan fingerprint density at radius 2 is 0.872 bits per heavy atom. The van der Waals surface area contributed by atoms with Crippen LogP contribution in [0.2, 0.25) is 0 Å². The summed E-state index contributed by atoms with van der Waals surface area (Å²) in [4.78, 5) is 24.1. The lowest BCUT2D eigenvalue weighted by atomic mass is 10.1. The van der Waals surface area contributed by atoms with E-state index in [4.69, 9.17) is 9.47 Å². The summed E-state index contributed by atoms with van der Waals surface area (Å²) >= 11 is 0. The van der Waals surface area contributed by atoms with E-state index < -0.39 is 6.10 Å². The van der Waals surface area contributed by atoms with Crippen molar-refractivity contribution in [3.05, 3.63) is 109 Å². The van der Waals surface area contributed by atoms with Gasteiger partial charge >= 0.3 is 11.9 Å². The van der Waals surface area contributed by atoms with Gasteiger partial charge in [0.1, 0.15) is 12.7 Å². The van der Waals surface area contributed by atoms with Gasteiger partial charge in [0.15, 0.2) is 0 Å². The molecule has 0 aliphatic heterocycles. The first-order valence-electron chi connectivity index (χ1n) is 18.3. The van der Waals surface area contributed by atoms with Crippen LogP contribution in [0, 0.1) is 0 Å². The third-order valence-electron chi connectivity index (χ3n) is 6.94. The molecule has 47 heavy (non-hydrogen) atoms. The number of esters is 2. The monoisotopic (exact) mass is 646 g/mol. The molecule has 0 amide bonds. The van der Waals surface area contributed by atoms with Gasteiger partial charge in [-0.05, 0) is 96.8 Å². The lowest BCUT2D eigenvalue weighted by Gasteiger charge is -2.13. The molecule has 0 fully saturated rings. The van der Waals surface area contributed by atoms with Crippen LogP contribution in [0.1, 0.15) is 136 Å². The lowest BCUT2D eigenvalue weighted by molar-refractivity contribution is -0.158. The molecule has 0 aromatic carbocycles. The molecule has 0 aliphatic carbocycles. The molecule has 0 heterocycles. The lowest BCUT2D eigenvalue weighted by Crippen LogP contribution is -2.22. The predicted molar refractivity (Wildman–Crippen MR) is 203 cm³/mol. The smallest absolute Gasteiger partial charge is 0.306 e. The van der Waals surface area contributed by atoms with Crippen molar-refractivity contribution in [2.24, 2.45) is 0 Å². The van der Waals surface area contributed by atoms with E-state index in [1.165, 1.54) is 25.7 Å². The quantitative estimate of drug-likeness (QED) is 0.0443. The second-order valence-corrected chi connectivity index (χ2v) is 11.6. The maximum atomic E-state index is 12.1. The van der Waals surface area contributed by atoms with Gasteiger partial charge in [-0.2, -0.15) is 0 Å². The Kier molecular flexibility index (Phi) is 34.4. The van der Waals surface area contributed by atoms with Crippen molar-refractivity contribution in [1.29, 1.82) is 0 Å². The highest BCUT2D eigenvalue weighted by Gasteiger charge is 2.11. The molecular formula is C43H66O4. The minimum atomic E-state index is -0.440. The predicted octanol–water partition coefficient (Wildman–Crippen LogP) is 12.5. The molecule has 0 saturated carbocycles. The molecule has 1 atom stereocenters. The summed E-state index contributed by atoms with van der Waals surface area (Å²) in [7, 11) is 0. The van der Waals surface area contributed by atoms with E-state index in [1.54, 1.807) is 6.92 Å². The molecule has 0 N–H and O–H groups in total. The SMILES string of the molecule is CCC=CCC=CCC=CCC=CCC=CCC=CCCC(=O)O[C@@H](C)COC(=O)CCCCC=CCC=CCC=CCCCCC. The molecule has 0 radical (unpaired) electrons. The summed E-state index contributed by atoms with van der Waals surface area (Å²) in [5, 5.41) is 0. The van der Waals surface area contributed by atoms with Crippen molar-refractivity contribution in [2.75, 3.05) is 6.61 Å². The number of carbonyl (C=O) groups is 2. The van der Waals surface area contributed by atoms with Gasteiger partial charge < -0.3 is 9.47 Å². The number of unbranched alkanes of at least 4 members (excludes halogenated alkanes) is 5. The van der Waals surface area contributed by atoms with Gasteiger partial charge in [-0.15, -0.1) is 0 Å². The van der Waals surface area contributed by atoms with Crippen molar-refractivity contribution in [3.8, 4) is 0 Å². The van der Waals surface area contributed by atoms with Gasteiger partial charge in [-0.25, -0.2) is 0 Å². The number of ether oxygens (including phenoxy) is 2. The first-order valence-corrected chi connectivity index (χ1v) is 18.3. The normalized spacial score (nSPS) is 13.5. The first-order chi connectivity index (χ1) is 23.1. The van der Waals surface area contributed by atoms with E-state index in [2.05, 4.69) is 117 Å². The van der Waals surface area contributed by atoms with Gasteiger partial charge in [-0.1, -0.05) is 136 Å². The zero-order valence-electron chi connectivity index (χ0n) is 30.0. The van der Waals surface area contributed by atoms with Crippen LogP contribution in [-0.4, -0.2) is 24.6 Å². The molecule has 0 saturated heterocycles. The first kappa shape index (κ1) is 43.6. The number of rotatable bonds is 30. The summed E-state index contributed by atoms with van der Waals surface area (Å²) in [6, 6.07) is 0. The Hall–Kier alpha value is -3.40. The van der Waals surface area contributed by atoms with Gasteiger partial charge in [0.25, 0.3) is 0 Å². The summed E-state index contributed by atoms with van der Waals surface area (Å²) < 4.78 is 10.7. The van der Waals surface area contributed by atoms with E-state index >= 15 is 0 Å². The second kappa shape index (κ2) is 37.1. The van der Waals surface area contributed by atoms with E-state index in [9.17, 15) is 9.59 Å². The van der Waals surface area contributed by atoms with Gasteiger partial charge in [0, 0.05) is 12.8 Å². The van der Waals surface area contributed by atoms with Crippen LogP contribution in [0.4, 0.5) is 0 Å². The average Bonchev–Trinajstić information content (AvgIpc) is 3.06. The highest BCUT2D eigenvalue weighted by molar-refractivity contribution is 5.70. The van der Waals surface area contributed by atoms with Gasteiger partial charge in [0.2, 0.25) is 0 Å². The topological polar surface area (TPSA) is 52.6 Å². The molecule has 4 heteroatoms. The Morgan fingerprint density at radius 3 is 1.32 bits per heavy atom. The third-order valence-corrected chi connectivity index (χ3v) is 6.94. The summed E-state index contributed by atoms with van der Waals surface area (Å²) in [6.45, 7) is 6.24. The van der Waals surface area contributed by atoms with Gasteiger partial charge in [0.05, 0.1) is 0 Å². The molecular weight excluding hydrogens is 580 g/mol. The maximum Gasteiger partial charge on any atom is 0.306 e. The number of hydrogen-bond donors (Lipinski definition) is 0. The van der Waals surface area contributed by atoms with E-state index in [1.807, 2.05) is 6.08 Å². The van der Waals surface area contributed by atoms with Crippen LogP contribution in [0.25, 0.3) is 0 Å². The fraction of sp³-hybridized carbons (Fsp3) is 0.535. The highest BCUT2D eigenvalue weighted by atomic mass is 16.6. The molecule has 0 unspecified atom stereocenters. The molecule has 0 aromatic heterocycles. The number of carbonyl (C=O) groups excluding carboxylic acids is 2. The van der Waals surface area contributed by atoms with Crippen molar-refractivity contribution < 1.29 is 19.1 Å². The van der Waals surface area contributed by atoms with E-state index in [0.717, 1.165) is 70.6 Å². The Bertz CT molecular complexity index is 1000. The van der Waals surface area contributed by atoms with Gasteiger partial charge in [-0.3, -0.25) is 9.59 Å². The average molecular weight is 647 g/mol. The largest absolute Gasteiger partial charge is 0.462 e. The Morgan fingerprint density at radius 1 is 0.468 bits per heavy atom. The zero-order valence-corrected chi connectivity index (χ0v) is 30.0. The fourth-order valence-electron chi connectivity index (χ4n) is 4.26. The van der Waals surface area contributed by atoms with Crippen LogP contribution in [0.5, 0.6) is 0 Å². The van der Waals surface area contributed by atoms with E-state index in [-0.39, 0.29) is 18.5 Å². The van der Waals surface area contributed by atoms with Crippen LogP contribution in [-0.2, 0) is 19.1 Å². The van der Waals surface area contributed by atoms with E-state index in [0.29, 0.717) is 19.3 Å². The summed E-state index contributed by atoms with van der Waals surface area (Å²) in [5.41, 5.74) is 0. The molecule has 0 spiro atoms. The maximum absolute atomic E-state index is 12.1. The fourth-order valence-corrected chi connectivity index (χ4v) is 4.26. The van der Waals surface area contributed by atoms with Crippen molar-refractivity contribution in [2.45, 2.75) is 142 Å². The summed E-state index contributed by atoms with van der Waals surface area (Å²) in [5.74, 6) is -0.505. The third kappa shape index (κ3) is 36.9. The molecule has 0 rings (SSSR count). The zero-order chi connectivity index (χ0) is 34.3. The Balaban J connectivity index is 3.72. The molecule has 0 bridgehead atoms. The minimum Gasteiger partial charge on any atom is -0.462 e. The van der Waals surface area contributed by atoms with Crippen LogP contribution in [0.15, 0.2) is 109 Å².